The molecule has 2 atom stereocenters. The molecule has 1 fully saturated rings. The molecule has 0 heterocycles. The van der Waals surface area contributed by atoms with Crippen molar-refractivity contribution in [2.45, 2.75) is 38.1 Å². The molecule has 0 aromatic heterocycles. The molecule has 4 nitrogen and oxygen atoms in total. The topological polar surface area (TPSA) is 72.2 Å². The Balaban J connectivity index is 2.35. The van der Waals surface area contributed by atoms with Crippen LogP contribution in [0.4, 0.5) is 5.69 Å². The van der Waals surface area contributed by atoms with Crippen molar-refractivity contribution >= 4 is 15.7 Å². The van der Waals surface area contributed by atoms with Crippen molar-refractivity contribution in [2.75, 3.05) is 5.73 Å². The third-order valence-corrected chi connectivity index (χ3v) is 4.88. The highest BCUT2D eigenvalue weighted by atomic mass is 32.2. The van der Waals surface area contributed by atoms with Gasteiger partial charge in [-0.3, -0.25) is 0 Å². The number of sulfonamides is 1. The molecule has 2 rings (SSSR count). The molecule has 2 unspecified atom stereocenters. The molecular formula is C12H18N2O2S. The average molecular weight is 254 g/mol. The molecule has 1 aromatic rings. The lowest BCUT2D eigenvalue weighted by Gasteiger charge is -2.11. The number of nitrogen functional groups attached to an aromatic ring is 1. The van der Waals surface area contributed by atoms with Crippen LogP contribution in [0.25, 0.3) is 0 Å². The molecule has 5 heteroatoms. The molecule has 1 aliphatic carbocycles. The molecular weight excluding hydrogens is 236 g/mol. The van der Waals surface area contributed by atoms with Crippen LogP contribution in [0.2, 0.25) is 0 Å². The van der Waals surface area contributed by atoms with E-state index in [1.165, 1.54) is 0 Å². The zero-order chi connectivity index (χ0) is 12.8. The van der Waals surface area contributed by atoms with Gasteiger partial charge in [-0.25, -0.2) is 13.1 Å². The number of rotatable bonds is 3. The molecule has 0 bridgehead atoms. The lowest BCUT2D eigenvalue weighted by atomic mass is 10.1. The molecule has 3 N–H and O–H groups in total. The van der Waals surface area contributed by atoms with Gasteiger partial charge in [0.2, 0.25) is 10.0 Å². The van der Waals surface area contributed by atoms with E-state index in [9.17, 15) is 8.42 Å². The van der Waals surface area contributed by atoms with Gasteiger partial charge in [0.1, 0.15) is 4.90 Å². The lowest BCUT2D eigenvalue weighted by molar-refractivity contribution is 0.578. The summed E-state index contributed by atoms with van der Waals surface area (Å²) in [7, 11) is -3.47. The first-order valence-corrected chi connectivity index (χ1v) is 7.18. The van der Waals surface area contributed by atoms with E-state index in [0.29, 0.717) is 11.6 Å². The van der Waals surface area contributed by atoms with Crippen molar-refractivity contribution in [3.63, 3.8) is 0 Å². The largest absolute Gasteiger partial charge is 0.398 e. The number of aryl methyl sites for hydroxylation is 2. The Hall–Kier alpha value is -1.07. The van der Waals surface area contributed by atoms with E-state index in [4.69, 9.17) is 5.73 Å². The first kappa shape index (κ1) is 12.4. The Morgan fingerprint density at radius 1 is 1.29 bits per heavy atom. The number of hydrogen-bond donors (Lipinski definition) is 2. The van der Waals surface area contributed by atoms with Crippen molar-refractivity contribution in [2.24, 2.45) is 5.92 Å². The minimum Gasteiger partial charge on any atom is -0.398 e. The fraction of sp³-hybridized carbons (Fsp3) is 0.500. The highest BCUT2D eigenvalue weighted by molar-refractivity contribution is 7.89. The van der Waals surface area contributed by atoms with E-state index in [-0.39, 0.29) is 10.9 Å². The standard InChI is InChI=1S/C12H18N2O2S/c1-7-4-10(13)12(6-8(7)2)17(15,16)14-11-5-9(11)3/h4,6,9,11,14H,5,13H2,1-3H3. The van der Waals surface area contributed by atoms with Crippen LogP contribution >= 0.6 is 0 Å². The first-order valence-electron chi connectivity index (χ1n) is 5.70. The zero-order valence-corrected chi connectivity index (χ0v) is 11.1. The second kappa shape index (κ2) is 3.99. The van der Waals surface area contributed by atoms with Crippen LogP contribution in [0.3, 0.4) is 0 Å². The Morgan fingerprint density at radius 3 is 2.35 bits per heavy atom. The average Bonchev–Trinajstić information content (AvgIpc) is 2.86. The van der Waals surface area contributed by atoms with Crippen molar-refractivity contribution in [3.05, 3.63) is 23.3 Å². The predicted octanol–water partition coefficient (Wildman–Crippen LogP) is 1.57. The number of nitrogens with two attached hydrogens (primary N) is 1. The van der Waals surface area contributed by atoms with Crippen molar-refractivity contribution in [1.82, 2.24) is 4.72 Å². The van der Waals surface area contributed by atoms with Gasteiger partial charge in [0, 0.05) is 6.04 Å². The maximum absolute atomic E-state index is 12.1. The van der Waals surface area contributed by atoms with Gasteiger partial charge in [0.05, 0.1) is 5.69 Å². The SMILES string of the molecule is Cc1cc(N)c(S(=O)(=O)NC2CC2C)cc1C. The van der Waals surface area contributed by atoms with E-state index < -0.39 is 10.0 Å². The smallest absolute Gasteiger partial charge is 0.242 e. The van der Waals surface area contributed by atoms with Gasteiger partial charge in [-0.05, 0) is 49.4 Å². The molecule has 1 aliphatic rings. The van der Waals surface area contributed by atoms with Crippen molar-refractivity contribution in [3.8, 4) is 0 Å². The van der Waals surface area contributed by atoms with Gasteiger partial charge in [0.25, 0.3) is 0 Å². The van der Waals surface area contributed by atoms with E-state index in [2.05, 4.69) is 4.72 Å². The summed E-state index contributed by atoms with van der Waals surface area (Å²) in [5.74, 6) is 0.428. The Morgan fingerprint density at radius 2 is 1.82 bits per heavy atom. The minimum absolute atomic E-state index is 0.0704. The van der Waals surface area contributed by atoms with Gasteiger partial charge in [-0.15, -0.1) is 0 Å². The number of nitrogens with one attached hydrogen (secondary N) is 1. The molecule has 0 aliphatic heterocycles. The second-order valence-corrected chi connectivity index (χ2v) is 6.60. The van der Waals surface area contributed by atoms with Crippen LogP contribution in [0, 0.1) is 19.8 Å². The maximum atomic E-state index is 12.1. The quantitative estimate of drug-likeness (QED) is 0.804. The van der Waals surface area contributed by atoms with Gasteiger partial charge in [0.15, 0.2) is 0 Å². The maximum Gasteiger partial charge on any atom is 0.242 e. The first-order chi connectivity index (χ1) is 7.81. The van der Waals surface area contributed by atoms with Crippen LogP contribution in [0.5, 0.6) is 0 Å². The molecule has 0 radical (unpaired) electrons. The highest BCUT2D eigenvalue weighted by Crippen LogP contribution is 2.32. The summed E-state index contributed by atoms with van der Waals surface area (Å²) in [4.78, 5) is 0.194. The minimum atomic E-state index is -3.47. The Kier molecular flexibility index (Phi) is 2.91. The van der Waals surface area contributed by atoms with Crippen LogP contribution in [0.15, 0.2) is 17.0 Å². The van der Waals surface area contributed by atoms with E-state index in [0.717, 1.165) is 17.5 Å². The van der Waals surface area contributed by atoms with Crippen molar-refractivity contribution < 1.29 is 8.42 Å². The molecule has 0 amide bonds. The van der Waals surface area contributed by atoms with Gasteiger partial charge < -0.3 is 5.73 Å². The number of benzene rings is 1. The molecule has 94 valence electrons. The van der Waals surface area contributed by atoms with Crippen LogP contribution in [-0.2, 0) is 10.0 Å². The second-order valence-electron chi connectivity index (χ2n) is 4.92. The summed E-state index contributed by atoms with van der Waals surface area (Å²) < 4.78 is 26.9. The van der Waals surface area contributed by atoms with Crippen LogP contribution in [0.1, 0.15) is 24.5 Å². The van der Waals surface area contributed by atoms with Crippen LogP contribution < -0.4 is 10.5 Å². The van der Waals surface area contributed by atoms with E-state index in [1.54, 1.807) is 12.1 Å². The van der Waals surface area contributed by atoms with Gasteiger partial charge in [-0.1, -0.05) is 6.92 Å². The summed E-state index contributed by atoms with van der Waals surface area (Å²) in [6.07, 6.45) is 0.907. The lowest BCUT2D eigenvalue weighted by Crippen LogP contribution is -2.27. The summed E-state index contributed by atoms with van der Waals surface area (Å²) in [5, 5.41) is 0. The molecule has 17 heavy (non-hydrogen) atoms. The summed E-state index contributed by atoms with van der Waals surface area (Å²) in [6.45, 7) is 5.82. The molecule has 0 saturated heterocycles. The molecule has 1 aromatic carbocycles. The fourth-order valence-electron chi connectivity index (χ4n) is 1.79. The number of anilines is 1. The Labute approximate surface area is 102 Å². The summed E-state index contributed by atoms with van der Waals surface area (Å²) in [6, 6.07) is 3.42. The monoisotopic (exact) mass is 254 g/mol. The zero-order valence-electron chi connectivity index (χ0n) is 10.3. The summed E-state index contributed by atoms with van der Waals surface area (Å²) in [5.41, 5.74) is 8.04. The fourth-order valence-corrected chi connectivity index (χ4v) is 3.35. The number of hydrogen-bond acceptors (Lipinski definition) is 3. The van der Waals surface area contributed by atoms with Gasteiger partial charge >= 0.3 is 0 Å². The molecule has 1 saturated carbocycles. The Bertz CT molecular complexity index is 552. The van der Waals surface area contributed by atoms with Crippen LogP contribution in [-0.4, -0.2) is 14.5 Å². The molecule has 0 spiro atoms. The normalized spacial score (nSPS) is 23.7. The third kappa shape index (κ3) is 2.45. The van der Waals surface area contributed by atoms with Gasteiger partial charge in [-0.2, -0.15) is 0 Å². The third-order valence-electron chi connectivity index (χ3n) is 3.33. The van der Waals surface area contributed by atoms with E-state index >= 15 is 0 Å². The predicted molar refractivity (Wildman–Crippen MR) is 68.2 cm³/mol. The summed E-state index contributed by atoms with van der Waals surface area (Å²) >= 11 is 0. The van der Waals surface area contributed by atoms with E-state index in [1.807, 2.05) is 20.8 Å². The van der Waals surface area contributed by atoms with Crippen molar-refractivity contribution in [1.29, 1.82) is 0 Å². The highest BCUT2D eigenvalue weighted by Gasteiger charge is 2.36.